The predicted octanol–water partition coefficient (Wildman–Crippen LogP) is 1.02. The number of likely N-dealkylation sites (tertiary alicyclic amines) is 1. The van der Waals surface area contributed by atoms with Crippen LogP contribution in [0.15, 0.2) is 0 Å². The van der Waals surface area contributed by atoms with Crippen LogP contribution in [0, 0.1) is 5.41 Å². The molecule has 1 fully saturated rings. The second kappa shape index (κ2) is 3.66. The summed E-state index contributed by atoms with van der Waals surface area (Å²) >= 11 is 0. The SMILES string of the molecule is CC(C)(C)C(O)CN1CCCC1=O. The first kappa shape index (κ1) is 10.5. The molecule has 0 saturated carbocycles. The molecule has 0 aromatic heterocycles. The van der Waals surface area contributed by atoms with Gasteiger partial charge in [-0.2, -0.15) is 0 Å². The zero-order valence-corrected chi connectivity index (χ0v) is 8.71. The van der Waals surface area contributed by atoms with Gasteiger partial charge < -0.3 is 10.0 Å². The van der Waals surface area contributed by atoms with Gasteiger partial charge in [0.2, 0.25) is 5.91 Å². The number of aliphatic hydroxyl groups excluding tert-OH is 1. The largest absolute Gasteiger partial charge is 0.391 e. The molecule has 1 saturated heterocycles. The molecule has 1 N–H and O–H groups in total. The summed E-state index contributed by atoms with van der Waals surface area (Å²) in [6, 6.07) is 0. The third-order valence-corrected chi connectivity index (χ3v) is 2.56. The molecule has 13 heavy (non-hydrogen) atoms. The van der Waals surface area contributed by atoms with Crippen LogP contribution in [0.2, 0.25) is 0 Å². The van der Waals surface area contributed by atoms with E-state index in [9.17, 15) is 9.90 Å². The number of hydrogen-bond acceptors (Lipinski definition) is 2. The number of rotatable bonds is 2. The summed E-state index contributed by atoms with van der Waals surface area (Å²) < 4.78 is 0. The van der Waals surface area contributed by atoms with Gasteiger partial charge in [-0.15, -0.1) is 0 Å². The van der Waals surface area contributed by atoms with Gasteiger partial charge in [-0.1, -0.05) is 20.8 Å². The van der Waals surface area contributed by atoms with Gasteiger partial charge in [-0.3, -0.25) is 4.79 Å². The first-order valence-electron chi connectivity index (χ1n) is 4.87. The minimum Gasteiger partial charge on any atom is -0.391 e. The van der Waals surface area contributed by atoms with Gasteiger partial charge >= 0.3 is 0 Å². The molecular weight excluding hydrogens is 166 g/mol. The van der Waals surface area contributed by atoms with Gasteiger partial charge in [0.15, 0.2) is 0 Å². The fourth-order valence-electron chi connectivity index (χ4n) is 1.38. The number of hydrogen-bond donors (Lipinski definition) is 1. The first-order valence-corrected chi connectivity index (χ1v) is 4.87. The Morgan fingerprint density at radius 2 is 2.15 bits per heavy atom. The van der Waals surface area contributed by atoms with E-state index in [1.165, 1.54) is 0 Å². The van der Waals surface area contributed by atoms with Gasteiger partial charge in [0, 0.05) is 19.5 Å². The van der Waals surface area contributed by atoms with Crippen molar-refractivity contribution in [3.63, 3.8) is 0 Å². The Labute approximate surface area is 79.7 Å². The minimum absolute atomic E-state index is 0.136. The third kappa shape index (κ3) is 2.69. The highest BCUT2D eigenvalue weighted by Gasteiger charge is 2.28. The average molecular weight is 185 g/mol. The lowest BCUT2D eigenvalue weighted by Crippen LogP contribution is -2.39. The van der Waals surface area contributed by atoms with Crippen LogP contribution in [0.5, 0.6) is 0 Å². The van der Waals surface area contributed by atoms with E-state index in [-0.39, 0.29) is 11.3 Å². The van der Waals surface area contributed by atoms with E-state index in [2.05, 4.69) is 0 Å². The summed E-state index contributed by atoms with van der Waals surface area (Å²) in [6.45, 7) is 7.25. The first-order chi connectivity index (χ1) is 5.91. The molecular formula is C10H19NO2. The van der Waals surface area contributed by atoms with Crippen LogP contribution in [0.3, 0.4) is 0 Å². The quantitative estimate of drug-likeness (QED) is 0.697. The van der Waals surface area contributed by atoms with Crippen LogP contribution < -0.4 is 0 Å². The van der Waals surface area contributed by atoms with Crippen LogP contribution in [0.1, 0.15) is 33.6 Å². The van der Waals surface area contributed by atoms with Crippen molar-refractivity contribution in [1.29, 1.82) is 0 Å². The Morgan fingerprint density at radius 1 is 1.54 bits per heavy atom. The summed E-state index contributed by atoms with van der Waals surface area (Å²) in [5.74, 6) is 0.184. The fraction of sp³-hybridized carbons (Fsp3) is 0.900. The van der Waals surface area contributed by atoms with E-state index < -0.39 is 6.10 Å². The second-order valence-electron chi connectivity index (χ2n) is 4.83. The van der Waals surface area contributed by atoms with Crippen molar-refractivity contribution in [2.24, 2.45) is 5.41 Å². The van der Waals surface area contributed by atoms with Crippen molar-refractivity contribution in [3.8, 4) is 0 Å². The zero-order valence-electron chi connectivity index (χ0n) is 8.71. The molecule has 3 heteroatoms. The van der Waals surface area contributed by atoms with Crippen molar-refractivity contribution >= 4 is 5.91 Å². The molecule has 0 aromatic carbocycles. The highest BCUT2D eigenvalue weighted by Crippen LogP contribution is 2.21. The molecule has 3 nitrogen and oxygen atoms in total. The standard InChI is InChI=1S/C10H19NO2/c1-10(2,3)8(12)7-11-6-4-5-9(11)13/h8,12H,4-7H2,1-3H3. The highest BCUT2D eigenvalue weighted by molar-refractivity contribution is 5.78. The van der Waals surface area contributed by atoms with Crippen molar-refractivity contribution in [2.75, 3.05) is 13.1 Å². The van der Waals surface area contributed by atoms with Crippen LogP contribution in [0.4, 0.5) is 0 Å². The molecule has 1 heterocycles. The summed E-state index contributed by atoms with van der Waals surface area (Å²) in [7, 11) is 0. The lowest BCUT2D eigenvalue weighted by Gasteiger charge is -2.29. The minimum atomic E-state index is -0.422. The molecule has 0 radical (unpaired) electrons. The molecule has 0 spiro atoms. The normalized spacial score (nSPS) is 20.9. The Kier molecular flexibility index (Phi) is 2.96. The summed E-state index contributed by atoms with van der Waals surface area (Å²) in [6.07, 6.45) is 1.17. The van der Waals surface area contributed by atoms with E-state index in [4.69, 9.17) is 0 Å². The number of amides is 1. The van der Waals surface area contributed by atoms with E-state index in [1.54, 1.807) is 4.90 Å². The number of β-amino-alcohol motifs (C(OH)–C–C–N with tert-alkyl or cyclic N) is 1. The molecule has 1 rings (SSSR count). The molecule has 1 amide bonds. The molecule has 1 atom stereocenters. The lowest BCUT2D eigenvalue weighted by atomic mass is 9.89. The Morgan fingerprint density at radius 3 is 2.54 bits per heavy atom. The van der Waals surface area contributed by atoms with E-state index in [0.717, 1.165) is 13.0 Å². The summed E-state index contributed by atoms with van der Waals surface area (Å²) in [5.41, 5.74) is -0.136. The smallest absolute Gasteiger partial charge is 0.222 e. The van der Waals surface area contributed by atoms with Gasteiger partial charge in [0.25, 0.3) is 0 Å². The molecule has 1 unspecified atom stereocenters. The third-order valence-electron chi connectivity index (χ3n) is 2.56. The predicted molar refractivity (Wildman–Crippen MR) is 51.3 cm³/mol. The van der Waals surface area contributed by atoms with Crippen LogP contribution in [-0.4, -0.2) is 35.1 Å². The summed E-state index contributed by atoms with van der Waals surface area (Å²) in [5, 5.41) is 9.77. The van der Waals surface area contributed by atoms with Gasteiger partial charge in [0.1, 0.15) is 0 Å². The Hall–Kier alpha value is -0.570. The van der Waals surface area contributed by atoms with Gasteiger partial charge in [-0.25, -0.2) is 0 Å². The van der Waals surface area contributed by atoms with Crippen molar-refractivity contribution in [1.82, 2.24) is 4.90 Å². The number of aliphatic hydroxyl groups is 1. The summed E-state index contributed by atoms with van der Waals surface area (Å²) in [4.78, 5) is 13.0. The molecule has 0 aromatic rings. The van der Waals surface area contributed by atoms with Crippen LogP contribution in [-0.2, 0) is 4.79 Å². The highest BCUT2D eigenvalue weighted by atomic mass is 16.3. The zero-order chi connectivity index (χ0) is 10.1. The second-order valence-corrected chi connectivity index (χ2v) is 4.83. The fourth-order valence-corrected chi connectivity index (χ4v) is 1.38. The Balaban J connectivity index is 2.44. The maximum atomic E-state index is 11.3. The number of carbonyl (C=O) groups excluding carboxylic acids is 1. The molecule has 1 aliphatic rings. The van der Waals surface area contributed by atoms with E-state index in [0.29, 0.717) is 13.0 Å². The Bertz CT molecular complexity index is 196. The van der Waals surface area contributed by atoms with Crippen LogP contribution >= 0.6 is 0 Å². The van der Waals surface area contributed by atoms with E-state index >= 15 is 0 Å². The molecule has 0 aliphatic carbocycles. The average Bonchev–Trinajstić information content (AvgIpc) is 2.34. The maximum Gasteiger partial charge on any atom is 0.222 e. The van der Waals surface area contributed by atoms with Crippen molar-refractivity contribution in [2.45, 2.75) is 39.7 Å². The van der Waals surface area contributed by atoms with Gasteiger partial charge in [0.05, 0.1) is 6.10 Å². The molecule has 0 bridgehead atoms. The topological polar surface area (TPSA) is 40.5 Å². The molecule has 1 aliphatic heterocycles. The van der Waals surface area contributed by atoms with Crippen molar-refractivity contribution in [3.05, 3.63) is 0 Å². The van der Waals surface area contributed by atoms with Crippen molar-refractivity contribution < 1.29 is 9.90 Å². The molecule has 76 valence electrons. The number of nitrogens with zero attached hydrogens (tertiary/aromatic N) is 1. The van der Waals surface area contributed by atoms with Crippen LogP contribution in [0.25, 0.3) is 0 Å². The lowest BCUT2D eigenvalue weighted by molar-refractivity contribution is -0.129. The van der Waals surface area contributed by atoms with Gasteiger partial charge in [-0.05, 0) is 11.8 Å². The monoisotopic (exact) mass is 185 g/mol. The van der Waals surface area contributed by atoms with E-state index in [1.807, 2.05) is 20.8 Å². The number of carbonyl (C=O) groups is 1. The maximum absolute atomic E-state index is 11.3.